The van der Waals surface area contributed by atoms with E-state index in [1.165, 1.54) is 12.1 Å². The smallest absolute Gasteiger partial charge is 0.328 e. The van der Waals surface area contributed by atoms with Crippen LogP contribution in [0.5, 0.6) is 0 Å². The van der Waals surface area contributed by atoms with E-state index in [9.17, 15) is 14.4 Å². The Bertz CT molecular complexity index is 550. The molecule has 0 radical (unpaired) electrons. The molecule has 1 aromatic rings. The van der Waals surface area contributed by atoms with Gasteiger partial charge in [-0.3, -0.25) is 9.59 Å². The largest absolute Gasteiger partial charge is 0.478 e. The van der Waals surface area contributed by atoms with Crippen LogP contribution in [0.15, 0.2) is 24.3 Å². The molecule has 0 saturated heterocycles. The fraction of sp³-hybridized carbons (Fsp3) is 0.154. The average molecular weight is 262 g/mol. The summed E-state index contributed by atoms with van der Waals surface area (Å²) in [5.41, 5.74) is 6.66. The van der Waals surface area contributed by atoms with Gasteiger partial charge >= 0.3 is 5.97 Å². The number of nitrogens with two attached hydrogens (primary N) is 1. The fourth-order valence-corrected chi connectivity index (χ4v) is 1.48. The molecule has 0 aliphatic heterocycles. The molecule has 2 amide bonds. The first-order chi connectivity index (χ1) is 8.88. The Morgan fingerprint density at radius 2 is 2.00 bits per heavy atom. The van der Waals surface area contributed by atoms with E-state index in [4.69, 9.17) is 10.8 Å². The van der Waals surface area contributed by atoms with Gasteiger partial charge in [0.2, 0.25) is 5.91 Å². The maximum Gasteiger partial charge on any atom is 0.328 e. The van der Waals surface area contributed by atoms with Crippen LogP contribution in [-0.4, -0.2) is 29.4 Å². The van der Waals surface area contributed by atoms with Crippen molar-refractivity contribution in [3.8, 4) is 0 Å². The van der Waals surface area contributed by atoms with Crippen molar-refractivity contribution in [1.82, 2.24) is 5.32 Å². The van der Waals surface area contributed by atoms with E-state index >= 15 is 0 Å². The van der Waals surface area contributed by atoms with Gasteiger partial charge in [0.1, 0.15) is 0 Å². The van der Waals surface area contributed by atoms with E-state index in [1.807, 2.05) is 0 Å². The SMILES string of the molecule is Cc1cc(/C=C/C(=O)O)cc(C(=O)NCC(N)=O)c1. The summed E-state index contributed by atoms with van der Waals surface area (Å²) in [5, 5.41) is 10.9. The highest BCUT2D eigenvalue weighted by Crippen LogP contribution is 2.11. The maximum atomic E-state index is 11.7. The van der Waals surface area contributed by atoms with Gasteiger partial charge in [-0.1, -0.05) is 6.07 Å². The van der Waals surface area contributed by atoms with Crippen molar-refractivity contribution in [2.24, 2.45) is 5.73 Å². The van der Waals surface area contributed by atoms with Gasteiger partial charge in [-0.05, 0) is 36.3 Å². The molecule has 1 rings (SSSR count). The minimum absolute atomic E-state index is 0.243. The van der Waals surface area contributed by atoms with Crippen LogP contribution in [-0.2, 0) is 9.59 Å². The van der Waals surface area contributed by atoms with Gasteiger partial charge in [0.05, 0.1) is 6.54 Å². The third kappa shape index (κ3) is 5.03. The van der Waals surface area contributed by atoms with Gasteiger partial charge in [0.25, 0.3) is 5.91 Å². The quantitative estimate of drug-likeness (QED) is 0.663. The number of carbonyl (C=O) groups is 3. The van der Waals surface area contributed by atoms with E-state index in [1.54, 1.807) is 19.1 Å². The molecule has 0 spiro atoms. The standard InChI is InChI=1S/C13H14N2O4/c1-8-4-9(2-3-12(17)18)6-10(5-8)13(19)15-7-11(14)16/h2-6H,7H2,1H3,(H2,14,16)(H,15,19)(H,17,18)/b3-2+. The van der Waals surface area contributed by atoms with Gasteiger partial charge in [0, 0.05) is 11.6 Å². The summed E-state index contributed by atoms with van der Waals surface area (Å²) >= 11 is 0. The minimum Gasteiger partial charge on any atom is -0.478 e. The Morgan fingerprint density at radius 1 is 1.32 bits per heavy atom. The van der Waals surface area contributed by atoms with Gasteiger partial charge in [-0.15, -0.1) is 0 Å². The second kappa shape index (κ2) is 6.34. The van der Waals surface area contributed by atoms with Gasteiger partial charge in [-0.2, -0.15) is 0 Å². The number of nitrogens with one attached hydrogen (secondary N) is 1. The van der Waals surface area contributed by atoms with Crippen molar-refractivity contribution in [1.29, 1.82) is 0 Å². The number of aryl methyl sites for hydroxylation is 1. The summed E-state index contributed by atoms with van der Waals surface area (Å²) in [7, 11) is 0. The number of primary amides is 1. The average Bonchev–Trinajstić information content (AvgIpc) is 2.32. The van der Waals surface area contributed by atoms with Crippen molar-refractivity contribution in [2.75, 3.05) is 6.54 Å². The number of hydrogen-bond donors (Lipinski definition) is 3. The normalized spacial score (nSPS) is 10.4. The molecule has 0 atom stereocenters. The summed E-state index contributed by atoms with van der Waals surface area (Å²) in [4.78, 5) is 32.7. The summed E-state index contributed by atoms with van der Waals surface area (Å²) in [6.45, 7) is 1.54. The predicted molar refractivity (Wildman–Crippen MR) is 69.4 cm³/mol. The lowest BCUT2D eigenvalue weighted by molar-refractivity contribution is -0.131. The molecule has 0 aliphatic carbocycles. The van der Waals surface area contributed by atoms with Crippen LogP contribution in [0.25, 0.3) is 6.08 Å². The van der Waals surface area contributed by atoms with Crippen molar-refractivity contribution in [2.45, 2.75) is 6.92 Å². The number of amides is 2. The molecule has 0 unspecified atom stereocenters. The summed E-state index contributed by atoms with van der Waals surface area (Å²) < 4.78 is 0. The van der Waals surface area contributed by atoms with Crippen molar-refractivity contribution in [3.05, 3.63) is 41.0 Å². The fourth-order valence-electron chi connectivity index (χ4n) is 1.48. The molecule has 0 aromatic heterocycles. The van der Waals surface area contributed by atoms with Crippen molar-refractivity contribution < 1.29 is 19.5 Å². The maximum absolute atomic E-state index is 11.7. The van der Waals surface area contributed by atoms with Gasteiger partial charge in [0.15, 0.2) is 0 Å². The Morgan fingerprint density at radius 3 is 2.58 bits per heavy atom. The number of rotatable bonds is 5. The Hall–Kier alpha value is -2.63. The van der Waals surface area contributed by atoms with Gasteiger partial charge in [-0.25, -0.2) is 4.79 Å². The molecule has 6 heteroatoms. The van der Waals surface area contributed by atoms with E-state index in [2.05, 4.69) is 5.32 Å². The van der Waals surface area contributed by atoms with Crippen LogP contribution in [0.3, 0.4) is 0 Å². The molecular weight excluding hydrogens is 248 g/mol. The Labute approximate surface area is 109 Å². The Kier molecular flexibility index (Phi) is 4.82. The number of carbonyl (C=O) groups excluding carboxylic acids is 2. The molecule has 0 saturated carbocycles. The summed E-state index contributed by atoms with van der Waals surface area (Å²) in [6, 6.07) is 4.90. The number of benzene rings is 1. The number of hydrogen-bond acceptors (Lipinski definition) is 3. The zero-order valence-electron chi connectivity index (χ0n) is 10.3. The molecule has 1 aromatic carbocycles. The monoisotopic (exact) mass is 262 g/mol. The summed E-state index contributed by atoms with van der Waals surface area (Å²) in [5.74, 6) is -2.14. The minimum atomic E-state index is -1.07. The van der Waals surface area contributed by atoms with Crippen LogP contribution in [0.4, 0.5) is 0 Å². The first-order valence-corrected chi connectivity index (χ1v) is 5.47. The van der Waals surface area contributed by atoms with Crippen LogP contribution < -0.4 is 11.1 Å². The Balaban J connectivity index is 2.92. The molecule has 0 aliphatic rings. The van der Waals surface area contributed by atoms with E-state index in [0.29, 0.717) is 11.1 Å². The molecule has 0 fully saturated rings. The number of aliphatic carboxylic acids is 1. The van der Waals surface area contributed by atoms with Crippen LogP contribution in [0, 0.1) is 6.92 Å². The van der Waals surface area contributed by atoms with E-state index < -0.39 is 17.8 Å². The third-order valence-electron chi connectivity index (χ3n) is 2.20. The molecule has 100 valence electrons. The van der Waals surface area contributed by atoms with E-state index in [0.717, 1.165) is 11.6 Å². The highest BCUT2D eigenvalue weighted by molar-refractivity contribution is 5.97. The third-order valence-corrected chi connectivity index (χ3v) is 2.20. The highest BCUT2D eigenvalue weighted by Gasteiger charge is 2.07. The van der Waals surface area contributed by atoms with Crippen LogP contribution >= 0.6 is 0 Å². The zero-order valence-corrected chi connectivity index (χ0v) is 10.3. The highest BCUT2D eigenvalue weighted by atomic mass is 16.4. The predicted octanol–water partition coefficient (Wildman–Crippen LogP) is 0.308. The van der Waals surface area contributed by atoms with Crippen LogP contribution in [0.2, 0.25) is 0 Å². The topological polar surface area (TPSA) is 109 Å². The van der Waals surface area contributed by atoms with Crippen LogP contribution in [0.1, 0.15) is 21.5 Å². The molecule has 6 nitrogen and oxygen atoms in total. The van der Waals surface area contributed by atoms with Crippen molar-refractivity contribution >= 4 is 23.9 Å². The number of carboxylic acid groups (broad SMARTS) is 1. The van der Waals surface area contributed by atoms with Crippen molar-refractivity contribution in [3.63, 3.8) is 0 Å². The lowest BCUT2D eigenvalue weighted by atomic mass is 10.1. The zero-order chi connectivity index (χ0) is 14.4. The summed E-state index contributed by atoms with van der Waals surface area (Å²) in [6.07, 6.45) is 2.38. The molecule has 0 heterocycles. The second-order valence-corrected chi connectivity index (χ2v) is 3.95. The molecule has 4 N–H and O–H groups in total. The first-order valence-electron chi connectivity index (χ1n) is 5.47. The van der Waals surface area contributed by atoms with E-state index in [-0.39, 0.29) is 6.54 Å². The molecule has 19 heavy (non-hydrogen) atoms. The lowest BCUT2D eigenvalue weighted by Crippen LogP contribution is -2.33. The molecular formula is C13H14N2O4. The lowest BCUT2D eigenvalue weighted by Gasteiger charge is -2.05. The van der Waals surface area contributed by atoms with Gasteiger partial charge < -0.3 is 16.2 Å². The molecule has 0 bridgehead atoms. The second-order valence-electron chi connectivity index (χ2n) is 3.95. The number of carboxylic acids is 1. The first kappa shape index (κ1) is 14.4.